The fraction of sp³-hybridized carbons (Fsp3) is 0.471. The number of hydrogen-bond donors (Lipinski definition) is 2. The highest BCUT2D eigenvalue weighted by molar-refractivity contribution is 5.85. The topological polar surface area (TPSA) is 72.3 Å². The molecule has 2 atom stereocenters. The Bertz CT molecular complexity index is 632. The Balaban J connectivity index is 1.88. The summed E-state index contributed by atoms with van der Waals surface area (Å²) in [6.45, 7) is 6.12. The van der Waals surface area contributed by atoms with E-state index < -0.39 is 6.10 Å². The van der Waals surface area contributed by atoms with Crippen LogP contribution in [0.15, 0.2) is 30.5 Å². The van der Waals surface area contributed by atoms with Crippen LogP contribution in [-0.4, -0.2) is 47.3 Å². The smallest absolute Gasteiger partial charge is 0.128 e. The van der Waals surface area contributed by atoms with Crippen LogP contribution in [0.3, 0.4) is 0 Å². The van der Waals surface area contributed by atoms with Gasteiger partial charge in [-0.2, -0.15) is 5.26 Å². The molecule has 5 heteroatoms. The minimum Gasteiger partial charge on any atom is -0.490 e. The van der Waals surface area contributed by atoms with E-state index in [1.54, 1.807) is 0 Å². The van der Waals surface area contributed by atoms with E-state index in [0.29, 0.717) is 13.1 Å². The summed E-state index contributed by atoms with van der Waals surface area (Å²) in [5.74, 6) is 0.730. The molecule has 0 radical (unpaired) electrons. The molecule has 0 amide bonds. The monoisotopic (exact) mass is 301 g/mol. The molecular formula is C17H23N3O2. The first-order valence-electron chi connectivity index (χ1n) is 7.63. The van der Waals surface area contributed by atoms with Crippen LogP contribution in [0.5, 0.6) is 5.75 Å². The number of nitrogens with zero attached hydrogens (tertiary/aromatic N) is 2. The lowest BCUT2D eigenvalue weighted by atomic mass is 10.2. The normalized spacial score (nSPS) is 14.0. The van der Waals surface area contributed by atoms with Crippen LogP contribution in [0, 0.1) is 17.2 Å². The maximum absolute atomic E-state index is 10.2. The van der Waals surface area contributed by atoms with Gasteiger partial charge in [0.15, 0.2) is 0 Å². The number of aliphatic hydroxyl groups is 1. The van der Waals surface area contributed by atoms with Gasteiger partial charge in [-0.3, -0.25) is 4.90 Å². The van der Waals surface area contributed by atoms with Gasteiger partial charge in [-0.15, -0.1) is 0 Å². The lowest BCUT2D eigenvalue weighted by Gasteiger charge is -2.24. The van der Waals surface area contributed by atoms with Gasteiger partial charge in [0, 0.05) is 30.2 Å². The number of rotatable bonds is 8. The summed E-state index contributed by atoms with van der Waals surface area (Å²) in [5, 5.41) is 20.1. The van der Waals surface area contributed by atoms with Crippen molar-refractivity contribution >= 4 is 10.9 Å². The second kappa shape index (κ2) is 7.83. The van der Waals surface area contributed by atoms with Gasteiger partial charge in [-0.25, -0.2) is 0 Å². The second-order valence-corrected chi connectivity index (χ2v) is 5.54. The molecule has 2 aromatic rings. The fourth-order valence-corrected chi connectivity index (χ4v) is 2.48. The van der Waals surface area contributed by atoms with Gasteiger partial charge >= 0.3 is 0 Å². The first kappa shape index (κ1) is 16.3. The van der Waals surface area contributed by atoms with E-state index in [4.69, 9.17) is 10.00 Å². The summed E-state index contributed by atoms with van der Waals surface area (Å²) in [6, 6.07) is 9.99. The number of benzene rings is 1. The number of H-pyrrole nitrogens is 1. The highest BCUT2D eigenvalue weighted by Gasteiger charge is 2.14. The van der Waals surface area contributed by atoms with Crippen LogP contribution in [0.2, 0.25) is 0 Å². The Labute approximate surface area is 131 Å². The molecule has 0 aliphatic carbocycles. The molecule has 0 aliphatic heterocycles. The summed E-state index contributed by atoms with van der Waals surface area (Å²) in [7, 11) is 0. The number of ether oxygens (including phenoxy) is 1. The van der Waals surface area contributed by atoms with Crippen molar-refractivity contribution in [2.24, 2.45) is 5.92 Å². The Morgan fingerprint density at radius 1 is 1.36 bits per heavy atom. The number of aromatic nitrogens is 1. The molecule has 1 heterocycles. The van der Waals surface area contributed by atoms with Crippen molar-refractivity contribution in [1.29, 1.82) is 5.26 Å². The molecule has 2 rings (SSSR count). The molecule has 22 heavy (non-hydrogen) atoms. The zero-order chi connectivity index (χ0) is 15.9. The number of likely N-dealkylation sites (N-methyl/N-ethyl adjacent to an activating group) is 1. The van der Waals surface area contributed by atoms with Gasteiger partial charge in [0.1, 0.15) is 18.5 Å². The van der Waals surface area contributed by atoms with E-state index in [9.17, 15) is 5.11 Å². The van der Waals surface area contributed by atoms with Gasteiger partial charge in [-0.1, -0.05) is 13.0 Å². The molecule has 0 saturated carbocycles. The highest BCUT2D eigenvalue weighted by Crippen LogP contribution is 2.24. The molecule has 0 bridgehead atoms. The van der Waals surface area contributed by atoms with Crippen molar-refractivity contribution in [1.82, 2.24) is 9.88 Å². The second-order valence-electron chi connectivity index (χ2n) is 5.54. The zero-order valence-electron chi connectivity index (χ0n) is 13.1. The van der Waals surface area contributed by atoms with Crippen molar-refractivity contribution in [2.45, 2.75) is 20.0 Å². The maximum atomic E-state index is 10.2. The van der Waals surface area contributed by atoms with Crippen molar-refractivity contribution < 1.29 is 9.84 Å². The number of aromatic amines is 1. The molecule has 2 N–H and O–H groups in total. The standard InChI is InChI=1S/C17H23N3O2/c1-3-20(10-13(2)9-18)11-14(21)12-22-17-6-4-5-16-15(17)7-8-19-16/h4-8,13-14,19,21H,3,10-12H2,1-2H3. The first-order chi connectivity index (χ1) is 10.6. The lowest BCUT2D eigenvalue weighted by Crippen LogP contribution is -2.37. The molecule has 0 aliphatic rings. The summed E-state index contributed by atoms with van der Waals surface area (Å²) in [5.41, 5.74) is 1.02. The zero-order valence-corrected chi connectivity index (χ0v) is 13.1. The minimum absolute atomic E-state index is 0.0401. The average Bonchev–Trinajstić information content (AvgIpc) is 3.01. The van der Waals surface area contributed by atoms with Crippen LogP contribution in [0.25, 0.3) is 10.9 Å². The van der Waals surface area contributed by atoms with Gasteiger partial charge < -0.3 is 14.8 Å². The predicted octanol–water partition coefficient (Wildman–Crippen LogP) is 2.39. The van der Waals surface area contributed by atoms with E-state index in [1.165, 1.54) is 0 Å². The summed E-state index contributed by atoms with van der Waals surface area (Å²) in [6.07, 6.45) is 1.29. The van der Waals surface area contributed by atoms with Crippen molar-refractivity contribution in [3.8, 4) is 11.8 Å². The summed E-state index contributed by atoms with van der Waals surface area (Å²) < 4.78 is 5.75. The molecule has 0 fully saturated rings. The van der Waals surface area contributed by atoms with Crippen LogP contribution in [-0.2, 0) is 0 Å². The third-order valence-electron chi connectivity index (χ3n) is 3.65. The average molecular weight is 301 g/mol. The van der Waals surface area contributed by atoms with Gasteiger partial charge in [-0.05, 0) is 31.7 Å². The molecule has 2 unspecified atom stereocenters. The Kier molecular flexibility index (Phi) is 5.82. The van der Waals surface area contributed by atoms with E-state index >= 15 is 0 Å². The lowest BCUT2D eigenvalue weighted by molar-refractivity contribution is 0.0681. The first-order valence-corrected chi connectivity index (χ1v) is 7.63. The third kappa shape index (κ3) is 4.23. The quantitative estimate of drug-likeness (QED) is 0.785. The maximum Gasteiger partial charge on any atom is 0.128 e. The fourth-order valence-electron chi connectivity index (χ4n) is 2.48. The van der Waals surface area contributed by atoms with E-state index in [1.807, 2.05) is 44.3 Å². The third-order valence-corrected chi connectivity index (χ3v) is 3.65. The largest absolute Gasteiger partial charge is 0.490 e. The molecule has 5 nitrogen and oxygen atoms in total. The predicted molar refractivity (Wildman–Crippen MR) is 86.7 cm³/mol. The van der Waals surface area contributed by atoms with Gasteiger partial charge in [0.05, 0.1) is 12.0 Å². The van der Waals surface area contributed by atoms with Gasteiger partial charge in [0.25, 0.3) is 0 Å². The number of hydrogen-bond acceptors (Lipinski definition) is 4. The Morgan fingerprint density at radius 3 is 2.91 bits per heavy atom. The molecule has 1 aromatic heterocycles. The van der Waals surface area contributed by atoms with Gasteiger partial charge in [0.2, 0.25) is 0 Å². The van der Waals surface area contributed by atoms with E-state index in [-0.39, 0.29) is 12.5 Å². The van der Waals surface area contributed by atoms with Crippen LogP contribution < -0.4 is 4.74 Å². The van der Waals surface area contributed by atoms with Crippen molar-refractivity contribution in [3.05, 3.63) is 30.5 Å². The van der Waals surface area contributed by atoms with Crippen molar-refractivity contribution in [3.63, 3.8) is 0 Å². The minimum atomic E-state index is -0.583. The number of fused-ring (bicyclic) bond motifs is 1. The number of nitriles is 1. The molecule has 1 aromatic carbocycles. The van der Waals surface area contributed by atoms with Crippen LogP contribution in [0.1, 0.15) is 13.8 Å². The van der Waals surface area contributed by atoms with E-state index in [2.05, 4.69) is 16.0 Å². The summed E-state index contributed by atoms with van der Waals surface area (Å²) in [4.78, 5) is 5.20. The molecular weight excluding hydrogens is 278 g/mol. The summed E-state index contributed by atoms with van der Waals surface area (Å²) >= 11 is 0. The van der Waals surface area contributed by atoms with Crippen LogP contribution in [0.4, 0.5) is 0 Å². The molecule has 0 saturated heterocycles. The molecule has 118 valence electrons. The Hall–Kier alpha value is -2.03. The van der Waals surface area contributed by atoms with Crippen LogP contribution >= 0.6 is 0 Å². The number of nitrogens with one attached hydrogen (secondary N) is 1. The SMILES string of the molecule is CCN(CC(C)C#N)CC(O)COc1cccc2[nH]ccc12. The van der Waals surface area contributed by atoms with E-state index in [0.717, 1.165) is 23.2 Å². The van der Waals surface area contributed by atoms with Crippen molar-refractivity contribution in [2.75, 3.05) is 26.2 Å². The highest BCUT2D eigenvalue weighted by atomic mass is 16.5. The number of aliphatic hydroxyl groups excluding tert-OH is 1. The Morgan fingerprint density at radius 2 is 2.18 bits per heavy atom. The molecule has 0 spiro atoms.